The van der Waals surface area contributed by atoms with Crippen LogP contribution < -0.4 is 4.74 Å². The van der Waals surface area contributed by atoms with Crippen LogP contribution in [0.2, 0.25) is 0 Å². The number of allylic oxidation sites excluding steroid dienone is 2. The molecule has 1 aromatic rings. The Labute approximate surface area is 273 Å². The summed E-state index contributed by atoms with van der Waals surface area (Å²) in [5, 5.41) is 0. The standard InChI is InChI=1S/C38H68O5S/c1-4-5-6-7-17-20-23-26-36(32-34-43-44(3,39)40)27-24-21-18-15-13-11-9-8-10-12-14-16-19-22-25-33-42-35-37-28-30-38(41-2)31-29-37/h10,12,28-31,36H,4-9,11,13-27,32-35H2,1-3H3/b12-10-. The number of methoxy groups -OCH3 is 1. The van der Waals surface area contributed by atoms with Crippen molar-refractivity contribution >= 4 is 10.1 Å². The quantitative estimate of drug-likeness (QED) is 0.0447. The van der Waals surface area contributed by atoms with Crippen molar-refractivity contribution in [1.29, 1.82) is 0 Å². The van der Waals surface area contributed by atoms with E-state index >= 15 is 0 Å². The second-order valence-electron chi connectivity index (χ2n) is 12.7. The molecular formula is C38H68O5S. The van der Waals surface area contributed by atoms with Gasteiger partial charge in [0.05, 0.1) is 26.6 Å². The summed E-state index contributed by atoms with van der Waals surface area (Å²) in [6.07, 6.45) is 35.1. The first-order valence-corrected chi connectivity index (χ1v) is 20.0. The number of hydrogen-bond acceptors (Lipinski definition) is 5. The van der Waals surface area contributed by atoms with E-state index in [4.69, 9.17) is 13.7 Å². The third-order valence-corrected chi connectivity index (χ3v) is 9.12. The number of ether oxygens (including phenoxy) is 2. The van der Waals surface area contributed by atoms with Crippen LogP contribution in [0.4, 0.5) is 0 Å². The Morgan fingerprint density at radius 1 is 0.636 bits per heavy atom. The van der Waals surface area contributed by atoms with Crippen molar-refractivity contribution in [2.24, 2.45) is 5.92 Å². The molecule has 0 amide bonds. The Balaban J connectivity index is 1.93. The molecule has 5 nitrogen and oxygen atoms in total. The summed E-state index contributed by atoms with van der Waals surface area (Å²) in [4.78, 5) is 0. The van der Waals surface area contributed by atoms with Crippen LogP contribution in [-0.4, -0.2) is 35.0 Å². The lowest BCUT2D eigenvalue weighted by atomic mass is 9.91. The van der Waals surface area contributed by atoms with E-state index < -0.39 is 10.1 Å². The molecule has 1 atom stereocenters. The van der Waals surface area contributed by atoms with E-state index in [1.807, 2.05) is 12.1 Å². The maximum absolute atomic E-state index is 11.3. The highest BCUT2D eigenvalue weighted by atomic mass is 32.2. The average Bonchev–Trinajstić information content (AvgIpc) is 3.01. The second-order valence-corrected chi connectivity index (χ2v) is 14.4. The first kappa shape index (κ1) is 40.7. The van der Waals surface area contributed by atoms with Crippen LogP contribution in [0.5, 0.6) is 5.75 Å². The lowest BCUT2D eigenvalue weighted by Crippen LogP contribution is -2.10. The topological polar surface area (TPSA) is 61.8 Å². The first-order chi connectivity index (χ1) is 21.4. The van der Waals surface area contributed by atoms with Gasteiger partial charge in [0.15, 0.2) is 0 Å². The molecule has 1 aromatic carbocycles. The summed E-state index contributed by atoms with van der Waals surface area (Å²) in [6, 6.07) is 8.09. The zero-order valence-corrected chi connectivity index (χ0v) is 29.7. The minimum Gasteiger partial charge on any atom is -0.497 e. The third-order valence-electron chi connectivity index (χ3n) is 8.53. The molecule has 256 valence electrons. The number of hydrogen-bond donors (Lipinski definition) is 0. The molecule has 1 unspecified atom stereocenters. The minimum absolute atomic E-state index is 0.344. The predicted octanol–water partition coefficient (Wildman–Crippen LogP) is 11.4. The van der Waals surface area contributed by atoms with Gasteiger partial charge in [-0.2, -0.15) is 8.42 Å². The van der Waals surface area contributed by atoms with Crippen molar-refractivity contribution in [3.8, 4) is 5.75 Å². The van der Waals surface area contributed by atoms with Gasteiger partial charge >= 0.3 is 0 Å². The van der Waals surface area contributed by atoms with Crippen LogP contribution >= 0.6 is 0 Å². The molecule has 0 saturated heterocycles. The van der Waals surface area contributed by atoms with Crippen LogP contribution in [0.1, 0.15) is 160 Å². The maximum atomic E-state index is 11.3. The Morgan fingerprint density at radius 2 is 1.14 bits per heavy atom. The summed E-state index contributed by atoms with van der Waals surface area (Å²) >= 11 is 0. The fourth-order valence-corrected chi connectivity index (χ4v) is 6.13. The lowest BCUT2D eigenvalue weighted by molar-refractivity contribution is 0.116. The van der Waals surface area contributed by atoms with Crippen molar-refractivity contribution < 1.29 is 22.1 Å². The highest BCUT2D eigenvalue weighted by Crippen LogP contribution is 2.23. The monoisotopic (exact) mass is 636 g/mol. The van der Waals surface area contributed by atoms with E-state index in [0.29, 0.717) is 19.1 Å². The van der Waals surface area contributed by atoms with Crippen LogP contribution in [0.3, 0.4) is 0 Å². The Hall–Kier alpha value is -1.37. The smallest absolute Gasteiger partial charge is 0.264 e. The molecule has 0 fully saturated rings. The number of rotatable bonds is 32. The van der Waals surface area contributed by atoms with Gasteiger partial charge in [0, 0.05) is 6.61 Å². The molecule has 0 heterocycles. The van der Waals surface area contributed by atoms with Crippen molar-refractivity contribution in [3.63, 3.8) is 0 Å². The third kappa shape index (κ3) is 27.0. The zero-order chi connectivity index (χ0) is 32.0. The number of benzene rings is 1. The van der Waals surface area contributed by atoms with Crippen molar-refractivity contribution in [1.82, 2.24) is 0 Å². The van der Waals surface area contributed by atoms with Crippen LogP contribution in [-0.2, 0) is 25.6 Å². The molecule has 1 rings (SSSR count). The highest BCUT2D eigenvalue weighted by molar-refractivity contribution is 7.85. The average molecular weight is 637 g/mol. The van der Waals surface area contributed by atoms with Crippen molar-refractivity contribution in [2.75, 3.05) is 26.6 Å². The molecule has 0 aliphatic carbocycles. The maximum Gasteiger partial charge on any atom is 0.264 e. The summed E-state index contributed by atoms with van der Waals surface area (Å²) in [6.45, 7) is 4.12. The van der Waals surface area contributed by atoms with Crippen LogP contribution in [0.15, 0.2) is 36.4 Å². The zero-order valence-electron chi connectivity index (χ0n) is 28.9. The molecule has 0 saturated carbocycles. The molecule has 0 aliphatic rings. The normalized spacial score (nSPS) is 12.7. The summed E-state index contributed by atoms with van der Waals surface area (Å²) in [7, 11) is -1.64. The van der Waals surface area contributed by atoms with Gasteiger partial charge < -0.3 is 9.47 Å². The molecular weight excluding hydrogens is 568 g/mol. The van der Waals surface area contributed by atoms with E-state index in [1.54, 1.807) is 7.11 Å². The van der Waals surface area contributed by atoms with Crippen LogP contribution in [0.25, 0.3) is 0 Å². The second kappa shape index (κ2) is 29.1. The van der Waals surface area contributed by atoms with Gasteiger partial charge in [-0.15, -0.1) is 0 Å². The molecule has 44 heavy (non-hydrogen) atoms. The Bertz CT molecular complexity index is 881. The summed E-state index contributed by atoms with van der Waals surface area (Å²) < 4.78 is 38.7. The van der Waals surface area contributed by atoms with Crippen LogP contribution in [0, 0.1) is 5.92 Å². The van der Waals surface area contributed by atoms with Gasteiger partial charge in [-0.25, -0.2) is 0 Å². The van der Waals surface area contributed by atoms with Crippen molar-refractivity contribution in [2.45, 2.75) is 161 Å². The van der Waals surface area contributed by atoms with E-state index in [1.165, 1.54) is 140 Å². The fraction of sp³-hybridized carbons (Fsp3) is 0.789. The predicted molar refractivity (Wildman–Crippen MR) is 188 cm³/mol. The Kier molecular flexibility index (Phi) is 26.8. The molecule has 0 spiro atoms. The van der Waals surface area contributed by atoms with E-state index in [-0.39, 0.29) is 0 Å². The molecule has 0 aliphatic heterocycles. The summed E-state index contributed by atoms with van der Waals surface area (Å²) in [5.74, 6) is 1.49. The minimum atomic E-state index is -3.33. The van der Waals surface area contributed by atoms with Gasteiger partial charge in [-0.05, 0) is 62.1 Å². The lowest BCUT2D eigenvalue weighted by Gasteiger charge is -2.16. The molecule has 0 aromatic heterocycles. The Morgan fingerprint density at radius 3 is 1.66 bits per heavy atom. The van der Waals surface area contributed by atoms with Gasteiger partial charge in [-0.3, -0.25) is 4.18 Å². The summed E-state index contributed by atoms with van der Waals surface area (Å²) in [5.41, 5.74) is 1.20. The largest absolute Gasteiger partial charge is 0.497 e. The van der Waals surface area contributed by atoms with Crippen molar-refractivity contribution in [3.05, 3.63) is 42.0 Å². The number of unbranched alkanes of at least 4 members (excludes halogenated alkanes) is 17. The van der Waals surface area contributed by atoms with Gasteiger partial charge in [0.2, 0.25) is 0 Å². The fourth-order valence-electron chi connectivity index (χ4n) is 5.74. The highest BCUT2D eigenvalue weighted by Gasteiger charge is 2.11. The van der Waals surface area contributed by atoms with Gasteiger partial charge in [0.25, 0.3) is 10.1 Å². The molecule has 6 heteroatoms. The van der Waals surface area contributed by atoms with Gasteiger partial charge in [0.1, 0.15) is 5.75 Å². The molecule has 0 radical (unpaired) electrons. The molecule has 0 N–H and O–H groups in total. The van der Waals surface area contributed by atoms with E-state index in [0.717, 1.165) is 31.5 Å². The molecule has 0 bridgehead atoms. The van der Waals surface area contributed by atoms with Gasteiger partial charge in [-0.1, -0.05) is 140 Å². The SMILES string of the molecule is CCCCCCCCCC(CCCCCCCCC/C=C\CCCCCCOCc1ccc(OC)cc1)CCOS(C)(=O)=O. The first-order valence-electron chi connectivity index (χ1n) is 18.1. The van der Waals surface area contributed by atoms with E-state index in [2.05, 4.69) is 31.2 Å². The van der Waals surface area contributed by atoms with E-state index in [9.17, 15) is 8.42 Å².